The number of ether oxygens (including phenoxy) is 1. The number of nitrogens with one attached hydrogen (secondary N) is 1. The Labute approximate surface area is 178 Å². The number of carbonyl (C=O) groups excluding carboxylic acids is 1. The van der Waals surface area contributed by atoms with E-state index in [2.05, 4.69) is 46.3 Å². The quantitative estimate of drug-likeness (QED) is 0.818. The molecule has 1 aromatic heterocycles. The second kappa shape index (κ2) is 9.53. The van der Waals surface area contributed by atoms with Crippen LogP contribution in [0.5, 0.6) is 0 Å². The first-order valence-corrected chi connectivity index (χ1v) is 10.8. The van der Waals surface area contributed by atoms with Crippen LogP contribution in [0, 0.1) is 13.8 Å². The fourth-order valence-corrected chi connectivity index (χ4v) is 4.30. The second-order valence-electron chi connectivity index (χ2n) is 8.06. The molecule has 2 fully saturated rings. The second-order valence-corrected chi connectivity index (χ2v) is 8.06. The van der Waals surface area contributed by atoms with Crippen LogP contribution < -0.4 is 10.2 Å². The Morgan fingerprint density at radius 2 is 1.73 bits per heavy atom. The molecule has 4 rings (SSSR count). The fourth-order valence-electron chi connectivity index (χ4n) is 4.30. The molecule has 7 nitrogen and oxygen atoms in total. The van der Waals surface area contributed by atoms with E-state index in [9.17, 15) is 4.79 Å². The van der Waals surface area contributed by atoms with Crippen LogP contribution in [0.1, 0.15) is 23.1 Å². The third-order valence-corrected chi connectivity index (χ3v) is 6.05. The van der Waals surface area contributed by atoms with Gasteiger partial charge in [-0.15, -0.1) is 0 Å². The lowest BCUT2D eigenvalue weighted by molar-refractivity contribution is 0.0119. The minimum absolute atomic E-state index is 0.000899. The minimum atomic E-state index is 0.000899. The van der Waals surface area contributed by atoms with E-state index in [-0.39, 0.29) is 12.1 Å². The maximum absolute atomic E-state index is 12.9. The highest BCUT2D eigenvalue weighted by Gasteiger charge is 2.27. The molecule has 30 heavy (non-hydrogen) atoms. The molecule has 1 N–H and O–H groups in total. The van der Waals surface area contributed by atoms with Crippen LogP contribution in [0.25, 0.3) is 0 Å². The molecular weight excluding hydrogens is 380 g/mol. The number of hydrogen-bond acceptors (Lipinski definition) is 5. The number of aryl methyl sites for hydroxylation is 2. The molecule has 2 aliphatic rings. The molecule has 0 spiro atoms. The van der Waals surface area contributed by atoms with Crippen molar-refractivity contribution in [2.75, 3.05) is 63.9 Å². The van der Waals surface area contributed by atoms with Crippen molar-refractivity contribution >= 4 is 11.7 Å². The van der Waals surface area contributed by atoms with Gasteiger partial charge in [0.05, 0.1) is 19.3 Å². The van der Waals surface area contributed by atoms with Gasteiger partial charge in [0.1, 0.15) is 11.5 Å². The number of carbonyl (C=O) groups is 1. The molecule has 0 unspecified atom stereocenters. The fraction of sp³-hybridized carbons (Fsp3) is 0.522. The molecule has 2 saturated heterocycles. The van der Waals surface area contributed by atoms with E-state index in [1.807, 2.05) is 24.0 Å². The molecule has 162 valence electrons. The van der Waals surface area contributed by atoms with E-state index >= 15 is 0 Å². The van der Waals surface area contributed by atoms with E-state index in [0.29, 0.717) is 19.8 Å². The maximum atomic E-state index is 12.9. The van der Waals surface area contributed by atoms with Gasteiger partial charge in [-0.1, -0.05) is 18.2 Å². The Morgan fingerprint density at radius 3 is 2.40 bits per heavy atom. The number of morpholine rings is 1. The number of furan rings is 1. The summed E-state index contributed by atoms with van der Waals surface area (Å²) < 4.78 is 11.4. The lowest BCUT2D eigenvalue weighted by Gasteiger charge is -2.37. The number of urea groups is 1. The van der Waals surface area contributed by atoms with Crippen molar-refractivity contribution in [3.05, 3.63) is 53.5 Å². The number of piperazine rings is 1. The SMILES string of the molecule is Cc1ccc([C@@H](CNC(=O)N2CCN(c3ccccc3C)CC2)N2CCOCC2)o1. The van der Waals surface area contributed by atoms with Crippen LogP contribution in [0.4, 0.5) is 10.5 Å². The molecule has 0 radical (unpaired) electrons. The number of amides is 2. The highest BCUT2D eigenvalue weighted by atomic mass is 16.5. The van der Waals surface area contributed by atoms with Crippen LogP contribution in [-0.4, -0.2) is 74.9 Å². The summed E-state index contributed by atoms with van der Waals surface area (Å²) in [4.78, 5) is 19.5. The highest BCUT2D eigenvalue weighted by Crippen LogP contribution is 2.24. The van der Waals surface area contributed by atoms with Crippen molar-refractivity contribution in [2.45, 2.75) is 19.9 Å². The minimum Gasteiger partial charge on any atom is -0.465 e. The largest absolute Gasteiger partial charge is 0.465 e. The van der Waals surface area contributed by atoms with Crippen LogP contribution in [0.2, 0.25) is 0 Å². The number of anilines is 1. The summed E-state index contributed by atoms with van der Waals surface area (Å²) in [5.74, 6) is 1.79. The molecule has 1 atom stereocenters. The lowest BCUT2D eigenvalue weighted by Crippen LogP contribution is -2.53. The zero-order valence-corrected chi connectivity index (χ0v) is 18.0. The van der Waals surface area contributed by atoms with Gasteiger partial charge in [0.2, 0.25) is 0 Å². The van der Waals surface area contributed by atoms with Crippen molar-refractivity contribution in [3.63, 3.8) is 0 Å². The Bertz CT molecular complexity index is 838. The van der Waals surface area contributed by atoms with Gasteiger partial charge in [0.25, 0.3) is 0 Å². The summed E-state index contributed by atoms with van der Waals surface area (Å²) in [6.07, 6.45) is 0. The molecule has 0 aliphatic carbocycles. The molecule has 1 aromatic carbocycles. The molecule has 2 amide bonds. The Hall–Kier alpha value is -2.51. The van der Waals surface area contributed by atoms with Gasteiger partial charge in [-0.2, -0.15) is 0 Å². The first-order valence-electron chi connectivity index (χ1n) is 10.8. The normalized spacial score (nSPS) is 19.0. The molecule has 0 bridgehead atoms. The summed E-state index contributed by atoms with van der Waals surface area (Å²) in [6, 6.07) is 12.5. The van der Waals surface area contributed by atoms with Gasteiger partial charge in [0.15, 0.2) is 0 Å². The molecular formula is C23H32N4O3. The van der Waals surface area contributed by atoms with Crippen molar-refractivity contribution < 1.29 is 13.9 Å². The van der Waals surface area contributed by atoms with Crippen LogP contribution in [-0.2, 0) is 4.74 Å². The number of nitrogens with zero attached hydrogens (tertiary/aromatic N) is 3. The maximum Gasteiger partial charge on any atom is 0.317 e. The zero-order chi connectivity index (χ0) is 20.9. The molecule has 0 saturated carbocycles. The van der Waals surface area contributed by atoms with Crippen LogP contribution >= 0.6 is 0 Å². The van der Waals surface area contributed by atoms with Crippen LogP contribution in [0.3, 0.4) is 0 Å². The Kier molecular flexibility index (Phi) is 6.59. The Balaban J connectivity index is 1.33. The van der Waals surface area contributed by atoms with Crippen molar-refractivity contribution in [1.82, 2.24) is 15.1 Å². The van der Waals surface area contributed by atoms with Crippen molar-refractivity contribution in [3.8, 4) is 0 Å². The summed E-state index contributed by atoms with van der Waals surface area (Å²) in [6.45, 7) is 10.9. The van der Waals surface area contributed by atoms with Crippen molar-refractivity contribution in [1.29, 1.82) is 0 Å². The first kappa shape index (κ1) is 20.8. The van der Waals surface area contributed by atoms with Crippen LogP contribution in [0.15, 0.2) is 40.8 Å². The van der Waals surface area contributed by atoms with E-state index in [4.69, 9.17) is 9.15 Å². The molecule has 3 heterocycles. The van der Waals surface area contributed by atoms with E-state index in [1.54, 1.807) is 0 Å². The van der Waals surface area contributed by atoms with Gasteiger partial charge in [-0.05, 0) is 37.6 Å². The number of para-hydroxylation sites is 1. The van der Waals surface area contributed by atoms with E-state index in [1.165, 1.54) is 11.3 Å². The number of rotatable bonds is 5. The third-order valence-electron chi connectivity index (χ3n) is 6.05. The average molecular weight is 413 g/mol. The zero-order valence-electron chi connectivity index (χ0n) is 18.0. The predicted molar refractivity (Wildman–Crippen MR) is 117 cm³/mol. The lowest BCUT2D eigenvalue weighted by atomic mass is 10.1. The van der Waals surface area contributed by atoms with E-state index in [0.717, 1.165) is 50.8 Å². The average Bonchev–Trinajstić information content (AvgIpc) is 3.21. The number of hydrogen-bond donors (Lipinski definition) is 1. The smallest absolute Gasteiger partial charge is 0.317 e. The monoisotopic (exact) mass is 412 g/mol. The van der Waals surface area contributed by atoms with Gasteiger partial charge in [-0.25, -0.2) is 4.79 Å². The topological polar surface area (TPSA) is 61.2 Å². The molecule has 2 aromatic rings. The predicted octanol–water partition coefficient (Wildman–Crippen LogP) is 2.80. The first-order chi connectivity index (χ1) is 14.6. The van der Waals surface area contributed by atoms with Gasteiger partial charge in [-0.3, -0.25) is 4.90 Å². The molecule has 2 aliphatic heterocycles. The van der Waals surface area contributed by atoms with Gasteiger partial charge < -0.3 is 24.3 Å². The summed E-state index contributed by atoms with van der Waals surface area (Å²) in [5.41, 5.74) is 2.54. The Morgan fingerprint density at radius 1 is 1.00 bits per heavy atom. The van der Waals surface area contributed by atoms with E-state index < -0.39 is 0 Å². The summed E-state index contributed by atoms with van der Waals surface area (Å²) in [5, 5.41) is 3.15. The van der Waals surface area contributed by atoms with Gasteiger partial charge in [0, 0.05) is 51.5 Å². The number of benzene rings is 1. The standard InChI is InChI=1S/C23H32N4O3/c1-18-5-3-4-6-20(18)25-9-11-27(12-10-25)23(28)24-17-21(22-8-7-19(2)30-22)26-13-15-29-16-14-26/h3-8,21H,9-17H2,1-2H3,(H,24,28)/t21-/m1/s1. The van der Waals surface area contributed by atoms with Crippen molar-refractivity contribution in [2.24, 2.45) is 0 Å². The summed E-state index contributed by atoms with van der Waals surface area (Å²) >= 11 is 0. The van der Waals surface area contributed by atoms with Gasteiger partial charge >= 0.3 is 6.03 Å². The highest BCUT2D eigenvalue weighted by molar-refractivity contribution is 5.74. The third kappa shape index (κ3) is 4.79. The summed E-state index contributed by atoms with van der Waals surface area (Å²) in [7, 11) is 0. The molecule has 7 heteroatoms.